The number of benzene rings is 2. The summed E-state index contributed by atoms with van der Waals surface area (Å²) in [5.74, 6) is -2.16. The van der Waals surface area contributed by atoms with Crippen LogP contribution in [0.3, 0.4) is 0 Å². The van der Waals surface area contributed by atoms with Crippen molar-refractivity contribution in [1.82, 2.24) is 9.88 Å². The second-order valence-electron chi connectivity index (χ2n) is 8.26. The molecule has 1 aliphatic rings. The van der Waals surface area contributed by atoms with Gasteiger partial charge >= 0.3 is 5.97 Å². The Morgan fingerprint density at radius 3 is 2.37 bits per heavy atom. The first-order valence-electron chi connectivity index (χ1n) is 10.7. The number of halogens is 1. The van der Waals surface area contributed by atoms with E-state index in [1.165, 1.54) is 11.0 Å². The molecule has 2 aromatic carbocycles. The summed E-state index contributed by atoms with van der Waals surface area (Å²) in [5.41, 5.74) is 4.82. The van der Waals surface area contributed by atoms with Crippen molar-refractivity contribution in [2.24, 2.45) is 0 Å². The molecule has 0 saturated carbocycles. The van der Waals surface area contributed by atoms with Gasteiger partial charge in [0, 0.05) is 22.1 Å². The van der Waals surface area contributed by atoms with Crippen LogP contribution in [0.15, 0.2) is 48.0 Å². The number of carboxylic acids is 1. The zero-order valence-corrected chi connectivity index (χ0v) is 21.0. The maximum atomic E-state index is 13.5. The number of aromatic carboxylic acids is 1. The molecule has 0 radical (unpaired) electrons. The lowest BCUT2D eigenvalue weighted by molar-refractivity contribution is -0.122. The van der Waals surface area contributed by atoms with Gasteiger partial charge in [-0.1, -0.05) is 23.7 Å². The van der Waals surface area contributed by atoms with Crippen LogP contribution in [0.4, 0.5) is 5.69 Å². The average molecular weight is 508 g/mol. The van der Waals surface area contributed by atoms with Gasteiger partial charge in [-0.3, -0.25) is 19.8 Å². The number of thiocarbonyl (C=S) groups is 1. The summed E-state index contributed by atoms with van der Waals surface area (Å²) in [4.78, 5) is 39.1. The Hall–Kier alpha value is -3.75. The first kappa shape index (κ1) is 24.4. The molecule has 9 heteroatoms. The molecule has 2 amide bonds. The second-order valence-corrected chi connectivity index (χ2v) is 9.05. The van der Waals surface area contributed by atoms with Crippen LogP contribution in [-0.2, 0) is 9.59 Å². The highest BCUT2D eigenvalue weighted by Gasteiger charge is 2.35. The van der Waals surface area contributed by atoms with E-state index in [-0.39, 0.29) is 16.2 Å². The number of nitrogens with one attached hydrogen (secondary N) is 1. The van der Waals surface area contributed by atoms with Crippen molar-refractivity contribution in [3.63, 3.8) is 0 Å². The highest BCUT2D eigenvalue weighted by molar-refractivity contribution is 7.80. The third kappa shape index (κ3) is 4.15. The molecule has 1 aliphatic heterocycles. The van der Waals surface area contributed by atoms with Gasteiger partial charge in [-0.25, -0.2) is 4.79 Å². The van der Waals surface area contributed by atoms with E-state index >= 15 is 0 Å². The van der Waals surface area contributed by atoms with Crippen LogP contribution < -0.4 is 10.2 Å². The Morgan fingerprint density at radius 1 is 1.03 bits per heavy atom. The topological polar surface area (TPSA) is 91.6 Å². The van der Waals surface area contributed by atoms with Crippen molar-refractivity contribution in [3.05, 3.63) is 86.7 Å². The molecule has 7 nitrogen and oxygen atoms in total. The lowest BCUT2D eigenvalue weighted by Gasteiger charge is -2.30. The molecule has 0 spiro atoms. The van der Waals surface area contributed by atoms with Gasteiger partial charge < -0.3 is 9.67 Å². The molecule has 0 bridgehead atoms. The summed E-state index contributed by atoms with van der Waals surface area (Å²) in [7, 11) is 0. The molecule has 0 unspecified atom stereocenters. The minimum atomic E-state index is -1.01. The van der Waals surface area contributed by atoms with Crippen molar-refractivity contribution in [3.8, 4) is 5.69 Å². The summed E-state index contributed by atoms with van der Waals surface area (Å²) < 4.78 is 1.91. The van der Waals surface area contributed by atoms with Crippen molar-refractivity contribution >= 4 is 58.5 Å². The van der Waals surface area contributed by atoms with Crippen LogP contribution in [0, 0.1) is 27.7 Å². The molecule has 0 aliphatic carbocycles. The van der Waals surface area contributed by atoms with Crippen LogP contribution in [0.1, 0.15) is 38.4 Å². The molecule has 178 valence electrons. The van der Waals surface area contributed by atoms with Gasteiger partial charge in [-0.15, -0.1) is 0 Å². The Kier molecular flexibility index (Phi) is 6.36. The number of rotatable bonds is 4. The molecule has 3 aromatic rings. The quantitative estimate of drug-likeness (QED) is 0.298. The summed E-state index contributed by atoms with van der Waals surface area (Å²) in [5, 5.41) is 12.6. The van der Waals surface area contributed by atoms with E-state index in [0.29, 0.717) is 33.1 Å². The normalized spacial score (nSPS) is 15.1. The van der Waals surface area contributed by atoms with E-state index in [1.807, 2.05) is 30.5 Å². The van der Waals surface area contributed by atoms with Crippen molar-refractivity contribution in [2.75, 3.05) is 4.90 Å². The summed E-state index contributed by atoms with van der Waals surface area (Å²) >= 11 is 11.5. The Bertz CT molecular complexity index is 1470. The predicted molar refractivity (Wildman–Crippen MR) is 139 cm³/mol. The highest BCUT2D eigenvalue weighted by atomic mass is 35.5. The first-order valence-corrected chi connectivity index (χ1v) is 11.5. The smallest absolute Gasteiger partial charge is 0.336 e. The maximum absolute atomic E-state index is 13.5. The van der Waals surface area contributed by atoms with Crippen molar-refractivity contribution in [2.45, 2.75) is 27.7 Å². The van der Waals surface area contributed by atoms with E-state index in [2.05, 4.69) is 5.32 Å². The van der Waals surface area contributed by atoms with E-state index in [4.69, 9.17) is 23.8 Å². The average Bonchev–Trinajstić information content (AvgIpc) is 3.06. The molecule has 35 heavy (non-hydrogen) atoms. The number of aryl methyl sites for hydroxylation is 1. The van der Waals surface area contributed by atoms with E-state index < -0.39 is 17.8 Å². The minimum absolute atomic E-state index is 0.0194. The molecule has 2 N–H and O–H groups in total. The summed E-state index contributed by atoms with van der Waals surface area (Å²) in [6.45, 7) is 7.25. The van der Waals surface area contributed by atoms with Gasteiger partial charge in [0.25, 0.3) is 11.8 Å². The lowest BCUT2D eigenvalue weighted by Crippen LogP contribution is -2.54. The number of carboxylic acid groups (broad SMARTS) is 1. The molecule has 1 saturated heterocycles. The Morgan fingerprint density at radius 2 is 1.69 bits per heavy atom. The molecular weight excluding hydrogens is 486 g/mol. The second kappa shape index (κ2) is 9.13. The number of carbonyl (C=O) groups is 3. The number of anilines is 1. The van der Waals surface area contributed by atoms with Gasteiger partial charge in [-0.05, 0) is 93.0 Å². The van der Waals surface area contributed by atoms with Crippen LogP contribution in [0.2, 0.25) is 5.02 Å². The van der Waals surface area contributed by atoms with Crippen LogP contribution in [-0.4, -0.2) is 32.6 Å². The lowest BCUT2D eigenvalue weighted by atomic mass is 10.1. The van der Waals surface area contributed by atoms with Gasteiger partial charge in [0.05, 0.1) is 11.3 Å². The van der Waals surface area contributed by atoms with E-state index in [1.54, 1.807) is 44.2 Å². The SMILES string of the molecule is Cc1c(Cl)cccc1N1C(=O)/C(=C\c2cc(C)n(-c3cccc(C(=O)O)c3C)c2C)C(=O)NC1=S. The largest absolute Gasteiger partial charge is 0.478 e. The van der Waals surface area contributed by atoms with Gasteiger partial charge in [-0.2, -0.15) is 0 Å². The fraction of sp³-hybridized carbons (Fsp3) is 0.154. The third-order valence-corrected chi connectivity index (χ3v) is 6.82. The molecule has 1 aromatic heterocycles. The van der Waals surface area contributed by atoms with Crippen LogP contribution >= 0.6 is 23.8 Å². The predicted octanol–water partition coefficient (Wildman–Crippen LogP) is 4.89. The fourth-order valence-electron chi connectivity index (χ4n) is 4.27. The monoisotopic (exact) mass is 507 g/mol. The van der Waals surface area contributed by atoms with Gasteiger partial charge in [0.1, 0.15) is 5.57 Å². The Balaban J connectivity index is 1.82. The van der Waals surface area contributed by atoms with Crippen molar-refractivity contribution in [1.29, 1.82) is 0 Å². The van der Waals surface area contributed by atoms with E-state index in [0.717, 1.165) is 11.4 Å². The van der Waals surface area contributed by atoms with Crippen molar-refractivity contribution < 1.29 is 19.5 Å². The molecule has 0 atom stereocenters. The number of amides is 2. The third-order valence-electron chi connectivity index (χ3n) is 6.13. The zero-order chi connectivity index (χ0) is 25.6. The number of carbonyl (C=O) groups excluding carboxylic acids is 2. The van der Waals surface area contributed by atoms with Crippen LogP contribution in [0.5, 0.6) is 0 Å². The summed E-state index contributed by atoms with van der Waals surface area (Å²) in [6.07, 6.45) is 1.53. The first-order chi connectivity index (χ1) is 16.5. The standard InChI is InChI=1S/C26H22ClN3O4S/c1-13-11-17(16(4)29(13)21-9-5-7-18(14(21)2)25(33)34)12-19-23(31)28-26(35)30(24(19)32)22-10-6-8-20(27)15(22)3/h5-12H,1-4H3,(H,33,34)(H,28,31,35)/b19-12-. The number of hydrogen-bond acceptors (Lipinski definition) is 4. The number of nitrogens with zero attached hydrogens (tertiary/aromatic N) is 2. The Labute approximate surface area is 212 Å². The number of hydrogen-bond donors (Lipinski definition) is 2. The molecule has 4 rings (SSSR count). The highest BCUT2D eigenvalue weighted by Crippen LogP contribution is 2.31. The van der Waals surface area contributed by atoms with Crippen LogP contribution in [0.25, 0.3) is 11.8 Å². The molecule has 2 heterocycles. The zero-order valence-electron chi connectivity index (χ0n) is 19.5. The maximum Gasteiger partial charge on any atom is 0.336 e. The van der Waals surface area contributed by atoms with E-state index in [9.17, 15) is 19.5 Å². The minimum Gasteiger partial charge on any atom is -0.478 e. The van der Waals surface area contributed by atoms with Gasteiger partial charge in [0.15, 0.2) is 5.11 Å². The van der Waals surface area contributed by atoms with Gasteiger partial charge in [0.2, 0.25) is 0 Å². The molecular formula is C26H22ClN3O4S. The summed E-state index contributed by atoms with van der Waals surface area (Å²) in [6, 6.07) is 12.1. The fourth-order valence-corrected chi connectivity index (χ4v) is 4.72. The molecule has 1 fully saturated rings. The number of aromatic nitrogens is 1.